The lowest BCUT2D eigenvalue weighted by Gasteiger charge is -2.20. The van der Waals surface area contributed by atoms with Gasteiger partial charge in [-0.05, 0) is 18.6 Å². The molecule has 0 saturated heterocycles. The van der Waals surface area contributed by atoms with E-state index in [1.165, 1.54) is 13.2 Å². The van der Waals surface area contributed by atoms with E-state index >= 15 is 0 Å². The number of nitrogens with zero attached hydrogens (tertiary/aromatic N) is 1. The second kappa shape index (κ2) is 5.97. The first-order valence-corrected chi connectivity index (χ1v) is 7.00. The Morgan fingerprint density at radius 3 is 2.44 bits per heavy atom. The molecule has 0 N–H and O–H groups in total. The first kappa shape index (κ1) is 14.7. The number of sulfonamides is 1. The van der Waals surface area contributed by atoms with Gasteiger partial charge < -0.3 is 4.74 Å². The Kier molecular flexibility index (Phi) is 4.86. The van der Waals surface area contributed by atoms with Gasteiger partial charge in [0.25, 0.3) is 0 Å². The van der Waals surface area contributed by atoms with E-state index in [4.69, 9.17) is 0 Å². The average molecular weight is 271 g/mol. The summed E-state index contributed by atoms with van der Waals surface area (Å²) in [4.78, 5) is 11.4. The highest BCUT2D eigenvalue weighted by Crippen LogP contribution is 2.19. The van der Waals surface area contributed by atoms with Crippen molar-refractivity contribution < 1.29 is 17.9 Å². The van der Waals surface area contributed by atoms with Gasteiger partial charge in [0.05, 0.1) is 12.0 Å². The summed E-state index contributed by atoms with van der Waals surface area (Å²) < 4.78 is 30.3. The van der Waals surface area contributed by atoms with Crippen LogP contribution in [0, 0.1) is 6.92 Å². The molecule has 100 valence electrons. The highest BCUT2D eigenvalue weighted by atomic mass is 32.2. The third-order valence-corrected chi connectivity index (χ3v) is 4.68. The van der Waals surface area contributed by atoms with Crippen molar-refractivity contribution in [3.8, 4) is 0 Å². The van der Waals surface area contributed by atoms with Crippen molar-refractivity contribution in [1.29, 1.82) is 0 Å². The predicted molar refractivity (Wildman–Crippen MR) is 67.6 cm³/mol. The Morgan fingerprint density at radius 2 is 1.94 bits per heavy atom. The first-order valence-electron chi connectivity index (χ1n) is 5.56. The molecule has 6 heteroatoms. The molecule has 0 bridgehead atoms. The zero-order valence-electron chi connectivity index (χ0n) is 10.7. The quantitative estimate of drug-likeness (QED) is 0.754. The van der Waals surface area contributed by atoms with E-state index in [0.29, 0.717) is 5.56 Å². The highest BCUT2D eigenvalue weighted by molar-refractivity contribution is 7.89. The standard InChI is InChI=1S/C12H17NO4S/c1-4-13(9-12(14)17-3)18(15,16)11-8-6-5-7-10(11)2/h5-8H,4,9H2,1-3H3. The van der Waals surface area contributed by atoms with Gasteiger partial charge in [0.2, 0.25) is 10.0 Å². The zero-order chi connectivity index (χ0) is 13.8. The molecule has 1 rings (SSSR count). The summed E-state index contributed by atoms with van der Waals surface area (Å²) in [5.41, 5.74) is 0.654. The molecule has 0 heterocycles. The lowest BCUT2D eigenvalue weighted by Crippen LogP contribution is -2.36. The van der Waals surface area contributed by atoms with Crippen LogP contribution in [-0.2, 0) is 19.6 Å². The molecule has 0 atom stereocenters. The van der Waals surface area contributed by atoms with Crippen molar-refractivity contribution in [1.82, 2.24) is 4.31 Å². The van der Waals surface area contributed by atoms with E-state index in [1.54, 1.807) is 32.0 Å². The normalized spacial score (nSPS) is 11.6. The molecule has 1 aromatic carbocycles. The number of benzene rings is 1. The predicted octanol–water partition coefficient (Wildman–Crippen LogP) is 1.18. The van der Waals surface area contributed by atoms with Crippen LogP contribution in [0.15, 0.2) is 29.2 Å². The minimum Gasteiger partial charge on any atom is -0.468 e. The SMILES string of the molecule is CCN(CC(=O)OC)S(=O)(=O)c1ccccc1C. The molecule has 18 heavy (non-hydrogen) atoms. The number of rotatable bonds is 5. The van der Waals surface area contributed by atoms with Gasteiger partial charge in [-0.25, -0.2) is 8.42 Å². The number of hydrogen-bond acceptors (Lipinski definition) is 4. The molecule has 0 radical (unpaired) electrons. The van der Waals surface area contributed by atoms with Crippen molar-refractivity contribution in [2.45, 2.75) is 18.7 Å². The number of carbonyl (C=O) groups excluding carboxylic acids is 1. The van der Waals surface area contributed by atoms with Gasteiger partial charge in [0, 0.05) is 6.54 Å². The average Bonchev–Trinajstić information content (AvgIpc) is 2.35. The Labute approximate surface area is 107 Å². The molecule has 0 aliphatic carbocycles. The molecule has 5 nitrogen and oxygen atoms in total. The molecule has 0 fully saturated rings. The van der Waals surface area contributed by atoms with E-state index in [-0.39, 0.29) is 18.0 Å². The smallest absolute Gasteiger partial charge is 0.321 e. The van der Waals surface area contributed by atoms with Crippen LogP contribution in [0.2, 0.25) is 0 Å². The van der Waals surface area contributed by atoms with Crippen molar-refractivity contribution in [2.75, 3.05) is 20.2 Å². The minimum atomic E-state index is -3.65. The van der Waals surface area contributed by atoms with Gasteiger partial charge in [-0.3, -0.25) is 4.79 Å². The van der Waals surface area contributed by atoms with Gasteiger partial charge in [-0.1, -0.05) is 25.1 Å². The fourth-order valence-electron chi connectivity index (χ4n) is 1.56. The lowest BCUT2D eigenvalue weighted by atomic mass is 10.2. The zero-order valence-corrected chi connectivity index (χ0v) is 11.5. The van der Waals surface area contributed by atoms with Crippen LogP contribution in [0.4, 0.5) is 0 Å². The van der Waals surface area contributed by atoms with Gasteiger partial charge in [-0.2, -0.15) is 4.31 Å². The number of carbonyl (C=O) groups is 1. The van der Waals surface area contributed by atoms with Crippen molar-refractivity contribution in [3.63, 3.8) is 0 Å². The summed E-state index contributed by atoms with van der Waals surface area (Å²) >= 11 is 0. The fraction of sp³-hybridized carbons (Fsp3) is 0.417. The summed E-state index contributed by atoms with van der Waals surface area (Å²) in [6.07, 6.45) is 0. The fourth-order valence-corrected chi connectivity index (χ4v) is 3.18. The number of esters is 1. The molecule has 1 aromatic rings. The summed E-state index contributed by atoms with van der Waals surface area (Å²) in [5.74, 6) is -0.575. The summed E-state index contributed by atoms with van der Waals surface area (Å²) in [6, 6.07) is 6.68. The maximum Gasteiger partial charge on any atom is 0.321 e. The van der Waals surface area contributed by atoms with Crippen molar-refractivity contribution in [2.24, 2.45) is 0 Å². The van der Waals surface area contributed by atoms with Crippen LogP contribution in [0.5, 0.6) is 0 Å². The monoisotopic (exact) mass is 271 g/mol. The van der Waals surface area contributed by atoms with Crippen LogP contribution in [0.3, 0.4) is 0 Å². The molecular weight excluding hydrogens is 254 g/mol. The van der Waals surface area contributed by atoms with Gasteiger partial charge in [0.15, 0.2) is 0 Å². The molecule has 0 unspecified atom stereocenters. The Balaban J connectivity index is 3.12. The van der Waals surface area contributed by atoms with Crippen LogP contribution in [0.1, 0.15) is 12.5 Å². The molecule has 0 aliphatic heterocycles. The van der Waals surface area contributed by atoms with Gasteiger partial charge in [0.1, 0.15) is 6.54 Å². The number of likely N-dealkylation sites (N-methyl/N-ethyl adjacent to an activating group) is 1. The number of aryl methyl sites for hydroxylation is 1. The Hall–Kier alpha value is -1.40. The Bertz CT molecular complexity index is 525. The van der Waals surface area contributed by atoms with Crippen LogP contribution < -0.4 is 0 Å². The topological polar surface area (TPSA) is 63.7 Å². The van der Waals surface area contributed by atoms with E-state index in [0.717, 1.165) is 4.31 Å². The molecular formula is C12H17NO4S. The Morgan fingerprint density at radius 1 is 1.33 bits per heavy atom. The van der Waals surface area contributed by atoms with E-state index in [1.807, 2.05) is 0 Å². The summed E-state index contributed by atoms with van der Waals surface area (Å²) in [6.45, 7) is 3.34. The third-order valence-electron chi connectivity index (χ3n) is 2.60. The summed E-state index contributed by atoms with van der Waals surface area (Å²) in [5, 5.41) is 0. The van der Waals surface area contributed by atoms with Crippen molar-refractivity contribution >= 4 is 16.0 Å². The first-order chi connectivity index (χ1) is 8.43. The molecule has 0 saturated carbocycles. The number of hydrogen-bond donors (Lipinski definition) is 0. The van der Waals surface area contributed by atoms with E-state index in [2.05, 4.69) is 4.74 Å². The number of methoxy groups -OCH3 is 1. The minimum absolute atomic E-state index is 0.214. The van der Waals surface area contributed by atoms with Crippen molar-refractivity contribution in [3.05, 3.63) is 29.8 Å². The van der Waals surface area contributed by atoms with Crippen LogP contribution in [0.25, 0.3) is 0 Å². The van der Waals surface area contributed by atoms with Gasteiger partial charge in [-0.15, -0.1) is 0 Å². The summed E-state index contributed by atoms with van der Waals surface area (Å²) in [7, 11) is -2.42. The van der Waals surface area contributed by atoms with E-state index in [9.17, 15) is 13.2 Å². The maximum absolute atomic E-state index is 12.4. The van der Waals surface area contributed by atoms with Crippen LogP contribution in [-0.4, -0.2) is 38.9 Å². The second-order valence-electron chi connectivity index (χ2n) is 3.77. The second-order valence-corrected chi connectivity index (χ2v) is 5.68. The molecule has 0 aromatic heterocycles. The van der Waals surface area contributed by atoms with Crippen LogP contribution >= 0.6 is 0 Å². The van der Waals surface area contributed by atoms with Gasteiger partial charge >= 0.3 is 5.97 Å². The highest BCUT2D eigenvalue weighted by Gasteiger charge is 2.26. The largest absolute Gasteiger partial charge is 0.468 e. The van der Waals surface area contributed by atoms with E-state index < -0.39 is 16.0 Å². The lowest BCUT2D eigenvalue weighted by molar-refractivity contribution is -0.140. The maximum atomic E-state index is 12.4. The molecule has 0 aliphatic rings. The third kappa shape index (κ3) is 3.08. The molecule has 0 amide bonds. The molecule has 0 spiro atoms. The number of ether oxygens (including phenoxy) is 1.